The van der Waals surface area contributed by atoms with Crippen molar-refractivity contribution in [2.24, 2.45) is 0 Å². The largest absolute Gasteiger partial charge is 0.328 e. The van der Waals surface area contributed by atoms with E-state index in [2.05, 4.69) is 0 Å². The van der Waals surface area contributed by atoms with E-state index < -0.39 is 13.2 Å². The van der Waals surface area contributed by atoms with E-state index >= 15 is 0 Å². The van der Waals surface area contributed by atoms with Crippen LogP contribution in [-0.4, -0.2) is 16.7 Å². The Bertz CT molecular complexity index is 160. The zero-order valence-corrected chi connectivity index (χ0v) is 8.52. The Hall–Kier alpha value is 0.150. The molecule has 0 aliphatic rings. The molecule has 1 unspecified atom stereocenters. The summed E-state index contributed by atoms with van der Waals surface area (Å²) >= 11 is 0. The molecule has 4 heteroatoms. The molecule has 0 saturated carbocycles. The van der Waals surface area contributed by atoms with Gasteiger partial charge >= 0.3 is 7.60 Å². The second-order valence-corrected chi connectivity index (χ2v) is 5.47. The fraction of sp³-hybridized carbons (Fsp3) is 1.00. The Morgan fingerprint density at radius 2 is 1.91 bits per heavy atom. The van der Waals surface area contributed by atoms with Crippen LogP contribution >= 0.6 is 7.60 Å². The lowest BCUT2D eigenvalue weighted by Crippen LogP contribution is -2.18. The zero-order chi connectivity index (χ0) is 9.12. The molecule has 0 aliphatic heterocycles. The van der Waals surface area contributed by atoms with Gasteiger partial charge in [-0.3, -0.25) is 4.57 Å². The summed E-state index contributed by atoms with van der Waals surface area (Å²) in [5, 5.41) is 0. The summed E-state index contributed by atoms with van der Waals surface area (Å²) in [5.74, 6) is 0. The summed E-state index contributed by atoms with van der Waals surface area (Å²) in [6.07, 6.45) is 0.911. The van der Waals surface area contributed by atoms with E-state index in [1.807, 2.05) is 6.92 Å². The second kappa shape index (κ2) is 3.70. The van der Waals surface area contributed by atoms with Crippen LogP contribution in [-0.2, 0) is 9.09 Å². The van der Waals surface area contributed by atoms with Crippen LogP contribution < -0.4 is 0 Å². The molecule has 0 aromatic rings. The Morgan fingerprint density at radius 1 is 1.45 bits per heavy atom. The maximum Gasteiger partial charge on any atom is 0.328 e. The molecule has 0 heterocycles. The van der Waals surface area contributed by atoms with Crippen LogP contribution in [0.1, 0.15) is 34.1 Å². The van der Waals surface area contributed by atoms with Gasteiger partial charge in [0.2, 0.25) is 0 Å². The molecule has 0 aliphatic carbocycles. The van der Waals surface area contributed by atoms with Crippen LogP contribution in [0.4, 0.5) is 0 Å². The number of rotatable bonds is 3. The van der Waals surface area contributed by atoms with Crippen molar-refractivity contribution in [3.05, 3.63) is 0 Å². The minimum absolute atomic E-state index is 0.240. The van der Waals surface area contributed by atoms with Crippen molar-refractivity contribution < 1.29 is 14.0 Å². The first-order valence-electron chi connectivity index (χ1n) is 3.79. The quantitative estimate of drug-likeness (QED) is 0.678. The Morgan fingerprint density at radius 3 is 2.18 bits per heavy atom. The van der Waals surface area contributed by atoms with Gasteiger partial charge in [0.15, 0.2) is 0 Å². The molecule has 11 heavy (non-hydrogen) atoms. The molecular weight excluding hydrogens is 163 g/mol. The summed E-state index contributed by atoms with van der Waals surface area (Å²) in [5.41, 5.74) is -0.528. The number of hydrogen-bond donors (Lipinski definition) is 1. The van der Waals surface area contributed by atoms with Crippen molar-refractivity contribution in [3.63, 3.8) is 0 Å². The highest BCUT2D eigenvalue weighted by Gasteiger charge is 2.25. The summed E-state index contributed by atoms with van der Waals surface area (Å²) in [6.45, 7) is 7.16. The van der Waals surface area contributed by atoms with Crippen molar-refractivity contribution in [1.29, 1.82) is 0 Å². The van der Waals surface area contributed by atoms with Gasteiger partial charge in [-0.05, 0) is 27.2 Å². The molecule has 1 N–H and O–H groups in total. The van der Waals surface area contributed by atoms with Gasteiger partial charge in [-0.1, -0.05) is 6.92 Å². The van der Waals surface area contributed by atoms with E-state index in [0.717, 1.165) is 0 Å². The highest BCUT2D eigenvalue weighted by atomic mass is 31.2. The molecule has 0 fully saturated rings. The highest BCUT2D eigenvalue weighted by molar-refractivity contribution is 7.52. The van der Waals surface area contributed by atoms with Crippen LogP contribution in [0.5, 0.6) is 0 Å². The molecule has 68 valence electrons. The molecule has 1 atom stereocenters. The molecule has 0 aromatic carbocycles. The Labute approximate surface area is 68.3 Å². The predicted octanol–water partition coefficient (Wildman–Crippen LogP) is 2.40. The second-order valence-electron chi connectivity index (χ2n) is 3.56. The summed E-state index contributed by atoms with van der Waals surface area (Å²) < 4.78 is 16.1. The molecule has 0 amide bonds. The zero-order valence-electron chi connectivity index (χ0n) is 7.63. The van der Waals surface area contributed by atoms with E-state index in [1.165, 1.54) is 0 Å². The average molecular weight is 180 g/mol. The van der Waals surface area contributed by atoms with Gasteiger partial charge in [-0.15, -0.1) is 0 Å². The molecule has 0 bridgehead atoms. The van der Waals surface area contributed by atoms with Gasteiger partial charge in [0, 0.05) is 6.16 Å². The standard InChI is InChI=1S/C7H17O3P/c1-5-6-11(8,9)10-7(2,3)4/h5-6H2,1-4H3,(H,8,9). The average Bonchev–Trinajstić information content (AvgIpc) is 1.55. The first kappa shape index (κ1) is 11.2. The molecular formula is C7H17O3P. The first-order chi connectivity index (χ1) is 4.77. The van der Waals surface area contributed by atoms with Crippen LogP contribution in [0.25, 0.3) is 0 Å². The summed E-state index contributed by atoms with van der Waals surface area (Å²) in [4.78, 5) is 9.18. The smallest absolute Gasteiger partial charge is 0.324 e. The summed E-state index contributed by atoms with van der Waals surface area (Å²) in [6, 6.07) is 0. The third kappa shape index (κ3) is 6.54. The van der Waals surface area contributed by atoms with Crippen LogP contribution in [0.3, 0.4) is 0 Å². The molecule has 0 saturated heterocycles. The Balaban J connectivity index is 4.03. The van der Waals surface area contributed by atoms with Crippen molar-refractivity contribution in [1.82, 2.24) is 0 Å². The maximum atomic E-state index is 11.2. The van der Waals surface area contributed by atoms with Crippen molar-refractivity contribution in [3.8, 4) is 0 Å². The van der Waals surface area contributed by atoms with Gasteiger partial charge in [-0.25, -0.2) is 0 Å². The van der Waals surface area contributed by atoms with Gasteiger partial charge in [-0.2, -0.15) is 0 Å². The van der Waals surface area contributed by atoms with Crippen molar-refractivity contribution >= 4 is 7.60 Å². The third-order valence-electron chi connectivity index (χ3n) is 0.923. The van der Waals surface area contributed by atoms with Crippen LogP contribution in [0.2, 0.25) is 0 Å². The molecule has 3 nitrogen and oxygen atoms in total. The van der Waals surface area contributed by atoms with Gasteiger partial charge in [0.1, 0.15) is 0 Å². The van der Waals surface area contributed by atoms with Gasteiger partial charge < -0.3 is 9.42 Å². The lowest BCUT2D eigenvalue weighted by molar-refractivity contribution is 0.111. The van der Waals surface area contributed by atoms with E-state index in [4.69, 9.17) is 4.52 Å². The first-order valence-corrected chi connectivity index (χ1v) is 5.56. The maximum absolute atomic E-state index is 11.2. The topological polar surface area (TPSA) is 46.5 Å². The molecule has 0 spiro atoms. The minimum Gasteiger partial charge on any atom is -0.324 e. The molecule has 0 radical (unpaired) electrons. The van der Waals surface area contributed by atoms with E-state index in [9.17, 15) is 9.46 Å². The van der Waals surface area contributed by atoms with Gasteiger partial charge in [0.25, 0.3) is 0 Å². The minimum atomic E-state index is -3.31. The normalized spacial score (nSPS) is 17.9. The Kier molecular flexibility index (Phi) is 3.75. The SMILES string of the molecule is CCCP(=O)(O)OC(C)(C)C. The van der Waals surface area contributed by atoms with Crippen LogP contribution in [0, 0.1) is 0 Å². The molecule has 0 aromatic heterocycles. The van der Waals surface area contributed by atoms with Crippen molar-refractivity contribution in [2.45, 2.75) is 39.7 Å². The lowest BCUT2D eigenvalue weighted by Gasteiger charge is -2.22. The van der Waals surface area contributed by atoms with Gasteiger partial charge in [0.05, 0.1) is 5.60 Å². The van der Waals surface area contributed by atoms with Crippen molar-refractivity contribution in [2.75, 3.05) is 6.16 Å². The fourth-order valence-corrected chi connectivity index (χ4v) is 2.27. The van der Waals surface area contributed by atoms with E-state index in [-0.39, 0.29) is 6.16 Å². The highest BCUT2D eigenvalue weighted by Crippen LogP contribution is 2.46. The van der Waals surface area contributed by atoms with Crippen LogP contribution in [0.15, 0.2) is 0 Å². The third-order valence-corrected chi connectivity index (χ3v) is 2.77. The monoisotopic (exact) mass is 180 g/mol. The fourth-order valence-electron chi connectivity index (χ4n) is 0.756. The predicted molar refractivity (Wildman–Crippen MR) is 45.8 cm³/mol. The number of hydrogen-bond acceptors (Lipinski definition) is 2. The van der Waals surface area contributed by atoms with E-state index in [1.54, 1.807) is 20.8 Å². The summed E-state index contributed by atoms with van der Waals surface area (Å²) in [7, 11) is -3.31. The lowest BCUT2D eigenvalue weighted by atomic mass is 10.2. The molecule has 0 rings (SSSR count). The van der Waals surface area contributed by atoms with E-state index in [0.29, 0.717) is 6.42 Å².